The second-order valence-electron chi connectivity index (χ2n) is 3.13. The lowest BCUT2D eigenvalue weighted by Crippen LogP contribution is -2.35. The Hall–Kier alpha value is -1.36. The number of amides is 1. The summed E-state index contributed by atoms with van der Waals surface area (Å²) in [5, 5.41) is 9.29. The first-order valence-electron chi connectivity index (χ1n) is 4.77. The van der Waals surface area contributed by atoms with Crippen molar-refractivity contribution < 1.29 is 4.79 Å². The van der Waals surface area contributed by atoms with Gasteiger partial charge in [-0.15, -0.1) is 0 Å². The molecule has 0 fully saturated rings. The molecule has 5 nitrogen and oxygen atoms in total. The molecule has 0 saturated carbocycles. The Morgan fingerprint density at radius 1 is 1.71 bits per heavy atom. The molecule has 0 aromatic carbocycles. The van der Waals surface area contributed by atoms with Gasteiger partial charge >= 0.3 is 0 Å². The highest BCUT2D eigenvalue weighted by Crippen LogP contribution is 2.11. The molecule has 4 N–H and O–H groups in total. The molecule has 1 aromatic rings. The van der Waals surface area contributed by atoms with E-state index in [4.69, 9.17) is 5.73 Å². The second kappa shape index (κ2) is 4.76. The molecule has 1 heterocycles. The minimum absolute atomic E-state index is 0.175. The SMILES string of the molecule is CCc1cn[nH]c1NC(=O)C(N)CC. The van der Waals surface area contributed by atoms with Crippen LogP contribution in [0.2, 0.25) is 0 Å². The van der Waals surface area contributed by atoms with Gasteiger partial charge in [-0.05, 0) is 12.8 Å². The Morgan fingerprint density at radius 3 is 3.00 bits per heavy atom. The molecule has 1 rings (SSSR count). The number of nitrogens with two attached hydrogens (primary N) is 1. The summed E-state index contributed by atoms with van der Waals surface area (Å²) in [6.07, 6.45) is 3.15. The predicted molar refractivity (Wildman–Crippen MR) is 54.9 cm³/mol. The molecule has 14 heavy (non-hydrogen) atoms. The van der Waals surface area contributed by atoms with Crippen LogP contribution in [0.5, 0.6) is 0 Å². The van der Waals surface area contributed by atoms with Crippen molar-refractivity contribution in [3.05, 3.63) is 11.8 Å². The second-order valence-corrected chi connectivity index (χ2v) is 3.13. The lowest BCUT2D eigenvalue weighted by molar-refractivity contribution is -0.117. The molecule has 0 aliphatic carbocycles. The standard InChI is InChI=1S/C9H16N4O/c1-3-6-5-11-13-8(6)12-9(14)7(10)4-2/h5,7H,3-4,10H2,1-2H3,(H2,11,12,13,14). The van der Waals surface area contributed by atoms with Crippen LogP contribution in [0.25, 0.3) is 0 Å². The maximum absolute atomic E-state index is 11.4. The van der Waals surface area contributed by atoms with E-state index in [-0.39, 0.29) is 5.91 Å². The fourth-order valence-electron chi connectivity index (χ4n) is 1.09. The Kier molecular flexibility index (Phi) is 3.64. The molecule has 0 radical (unpaired) electrons. The molecule has 1 unspecified atom stereocenters. The van der Waals surface area contributed by atoms with Crippen LogP contribution in [0.4, 0.5) is 5.82 Å². The number of H-pyrrole nitrogens is 1. The summed E-state index contributed by atoms with van der Waals surface area (Å²) in [4.78, 5) is 11.4. The summed E-state index contributed by atoms with van der Waals surface area (Å²) in [6, 6.07) is -0.456. The zero-order valence-corrected chi connectivity index (χ0v) is 8.50. The topological polar surface area (TPSA) is 83.8 Å². The molecule has 0 bridgehead atoms. The zero-order chi connectivity index (χ0) is 10.6. The number of nitrogens with zero attached hydrogens (tertiary/aromatic N) is 1. The first-order chi connectivity index (χ1) is 6.69. The first kappa shape index (κ1) is 10.7. The molecular weight excluding hydrogens is 180 g/mol. The van der Waals surface area contributed by atoms with Gasteiger partial charge < -0.3 is 11.1 Å². The van der Waals surface area contributed by atoms with Gasteiger partial charge in [-0.1, -0.05) is 13.8 Å². The Labute approximate surface area is 83.1 Å². The number of carbonyl (C=O) groups excluding carboxylic acids is 1. The zero-order valence-electron chi connectivity index (χ0n) is 8.50. The monoisotopic (exact) mass is 196 g/mol. The first-order valence-corrected chi connectivity index (χ1v) is 4.77. The van der Waals surface area contributed by atoms with Gasteiger partial charge in [0, 0.05) is 5.56 Å². The summed E-state index contributed by atoms with van der Waals surface area (Å²) in [5.74, 6) is 0.479. The maximum Gasteiger partial charge on any atom is 0.242 e. The lowest BCUT2D eigenvalue weighted by Gasteiger charge is -2.09. The molecule has 0 saturated heterocycles. The number of carbonyl (C=O) groups is 1. The third kappa shape index (κ3) is 2.32. The Morgan fingerprint density at radius 2 is 2.43 bits per heavy atom. The number of anilines is 1. The minimum Gasteiger partial charge on any atom is -0.320 e. The van der Waals surface area contributed by atoms with E-state index >= 15 is 0 Å². The van der Waals surface area contributed by atoms with Crippen LogP contribution < -0.4 is 11.1 Å². The van der Waals surface area contributed by atoms with Gasteiger partial charge in [-0.2, -0.15) is 5.10 Å². The van der Waals surface area contributed by atoms with Crippen LogP contribution in [-0.2, 0) is 11.2 Å². The van der Waals surface area contributed by atoms with Gasteiger partial charge in [0.15, 0.2) is 0 Å². The van der Waals surface area contributed by atoms with Crippen molar-refractivity contribution in [1.29, 1.82) is 0 Å². The van der Waals surface area contributed by atoms with E-state index < -0.39 is 6.04 Å². The number of hydrogen-bond donors (Lipinski definition) is 3. The van der Waals surface area contributed by atoms with E-state index in [2.05, 4.69) is 15.5 Å². The quantitative estimate of drug-likeness (QED) is 0.661. The Balaban J connectivity index is 2.64. The van der Waals surface area contributed by atoms with E-state index in [0.717, 1.165) is 12.0 Å². The van der Waals surface area contributed by atoms with Crippen molar-refractivity contribution in [2.45, 2.75) is 32.7 Å². The van der Waals surface area contributed by atoms with Crippen molar-refractivity contribution >= 4 is 11.7 Å². The fraction of sp³-hybridized carbons (Fsp3) is 0.556. The van der Waals surface area contributed by atoms with Crippen LogP contribution in [-0.4, -0.2) is 22.1 Å². The van der Waals surface area contributed by atoms with Crippen molar-refractivity contribution in [2.24, 2.45) is 5.73 Å². The van der Waals surface area contributed by atoms with Gasteiger partial charge in [0.2, 0.25) is 5.91 Å². The average Bonchev–Trinajstić information content (AvgIpc) is 2.63. The number of rotatable bonds is 4. The lowest BCUT2D eigenvalue weighted by atomic mass is 10.2. The van der Waals surface area contributed by atoms with Crippen LogP contribution in [0.3, 0.4) is 0 Å². The molecule has 1 amide bonds. The van der Waals surface area contributed by atoms with Gasteiger partial charge in [-0.25, -0.2) is 0 Å². The van der Waals surface area contributed by atoms with E-state index in [0.29, 0.717) is 12.2 Å². The fourth-order valence-corrected chi connectivity index (χ4v) is 1.09. The van der Waals surface area contributed by atoms with Crippen LogP contribution in [0, 0.1) is 0 Å². The third-order valence-electron chi connectivity index (χ3n) is 2.12. The van der Waals surface area contributed by atoms with Crippen LogP contribution >= 0.6 is 0 Å². The largest absolute Gasteiger partial charge is 0.320 e. The molecule has 5 heteroatoms. The van der Waals surface area contributed by atoms with E-state index in [9.17, 15) is 4.79 Å². The molecule has 0 spiro atoms. The number of nitrogens with one attached hydrogen (secondary N) is 2. The maximum atomic E-state index is 11.4. The highest BCUT2D eigenvalue weighted by Gasteiger charge is 2.13. The summed E-state index contributed by atoms with van der Waals surface area (Å²) >= 11 is 0. The predicted octanol–water partition coefficient (Wildman–Crippen LogP) is 0.648. The van der Waals surface area contributed by atoms with Gasteiger partial charge in [0.1, 0.15) is 5.82 Å². The number of aromatic nitrogens is 2. The van der Waals surface area contributed by atoms with Gasteiger partial charge in [0.25, 0.3) is 0 Å². The molecule has 0 aliphatic rings. The average molecular weight is 196 g/mol. The van der Waals surface area contributed by atoms with Crippen molar-refractivity contribution in [3.63, 3.8) is 0 Å². The Bertz CT molecular complexity index is 308. The summed E-state index contributed by atoms with van der Waals surface area (Å²) in [6.45, 7) is 3.87. The van der Waals surface area contributed by atoms with E-state index in [1.54, 1.807) is 6.20 Å². The van der Waals surface area contributed by atoms with Crippen LogP contribution in [0.15, 0.2) is 6.20 Å². The van der Waals surface area contributed by atoms with Gasteiger partial charge in [-0.3, -0.25) is 9.89 Å². The van der Waals surface area contributed by atoms with Crippen molar-refractivity contribution in [3.8, 4) is 0 Å². The molecule has 0 aliphatic heterocycles. The van der Waals surface area contributed by atoms with Crippen LogP contribution in [0.1, 0.15) is 25.8 Å². The van der Waals surface area contributed by atoms with Crippen molar-refractivity contribution in [1.82, 2.24) is 10.2 Å². The molecular formula is C9H16N4O. The van der Waals surface area contributed by atoms with E-state index in [1.807, 2.05) is 13.8 Å². The summed E-state index contributed by atoms with van der Waals surface area (Å²) < 4.78 is 0. The smallest absolute Gasteiger partial charge is 0.242 e. The summed E-state index contributed by atoms with van der Waals surface area (Å²) in [5.41, 5.74) is 6.57. The number of aryl methyl sites for hydroxylation is 1. The van der Waals surface area contributed by atoms with Crippen molar-refractivity contribution in [2.75, 3.05) is 5.32 Å². The highest BCUT2D eigenvalue weighted by atomic mass is 16.2. The molecule has 1 aromatic heterocycles. The molecule has 1 atom stereocenters. The third-order valence-corrected chi connectivity index (χ3v) is 2.12. The van der Waals surface area contributed by atoms with E-state index in [1.165, 1.54) is 0 Å². The van der Waals surface area contributed by atoms with Gasteiger partial charge in [0.05, 0.1) is 12.2 Å². The normalized spacial score (nSPS) is 12.5. The summed E-state index contributed by atoms with van der Waals surface area (Å²) in [7, 11) is 0. The molecule has 78 valence electrons. The minimum atomic E-state index is -0.456. The number of hydrogen-bond acceptors (Lipinski definition) is 3. The number of aromatic amines is 1. The highest BCUT2D eigenvalue weighted by molar-refractivity contribution is 5.94.